The molecule has 0 aliphatic carbocycles. The fourth-order valence-electron chi connectivity index (χ4n) is 2.12. The molecule has 0 saturated heterocycles. The Labute approximate surface area is 133 Å². The Morgan fingerprint density at radius 3 is 2.65 bits per heavy atom. The van der Waals surface area contributed by atoms with Crippen molar-refractivity contribution in [2.75, 3.05) is 21.1 Å². The van der Waals surface area contributed by atoms with E-state index >= 15 is 0 Å². The average molecular weight is 381 g/mol. The first kappa shape index (κ1) is 15.0. The van der Waals surface area contributed by atoms with Gasteiger partial charge in [-0.3, -0.25) is 4.57 Å². The number of aromatic nitrogens is 2. The summed E-state index contributed by atoms with van der Waals surface area (Å²) in [5, 5.41) is 9.34. The van der Waals surface area contributed by atoms with Gasteiger partial charge in [0, 0.05) is 3.57 Å². The lowest BCUT2D eigenvalue weighted by Gasteiger charge is -2.25. The van der Waals surface area contributed by atoms with Crippen molar-refractivity contribution in [3.63, 3.8) is 0 Å². The Balaban J connectivity index is 2.57. The minimum atomic E-state index is 0.678. The van der Waals surface area contributed by atoms with Crippen LogP contribution in [0.15, 0.2) is 24.5 Å². The van der Waals surface area contributed by atoms with Gasteiger partial charge in [-0.05, 0) is 47.7 Å². The van der Waals surface area contributed by atoms with E-state index in [9.17, 15) is 5.26 Å². The number of rotatable bonds is 3. The molecular weight excluding hydrogens is 363 g/mol. The summed E-state index contributed by atoms with van der Waals surface area (Å²) in [6.07, 6.45) is 1.81. The third-order valence-electron chi connectivity index (χ3n) is 3.04. The molecule has 0 unspecified atom stereocenters. The Kier molecular flexibility index (Phi) is 4.16. The van der Waals surface area contributed by atoms with E-state index in [0.717, 1.165) is 31.7 Å². The highest BCUT2D eigenvalue weighted by Crippen LogP contribution is 2.22. The van der Waals surface area contributed by atoms with E-state index in [1.807, 2.05) is 36.0 Å². The number of nitriles is 1. The molecular formula is C15H18IN4+. The molecule has 0 bridgehead atoms. The van der Waals surface area contributed by atoms with Crippen LogP contribution in [0.3, 0.4) is 0 Å². The number of aryl methyl sites for hydroxylation is 1. The SMILES string of the molecule is Cc1ncn(-c2ccc(I)cc2C#N)c1C[N+](C)(C)C. The van der Waals surface area contributed by atoms with Gasteiger partial charge in [0.1, 0.15) is 18.3 Å². The highest BCUT2D eigenvalue weighted by atomic mass is 127. The smallest absolute Gasteiger partial charge is 0.121 e. The predicted molar refractivity (Wildman–Crippen MR) is 87.5 cm³/mol. The summed E-state index contributed by atoms with van der Waals surface area (Å²) in [5.41, 5.74) is 3.74. The average Bonchev–Trinajstić information content (AvgIpc) is 2.69. The van der Waals surface area contributed by atoms with Crippen molar-refractivity contribution < 1.29 is 4.48 Å². The second-order valence-corrected chi connectivity index (χ2v) is 7.11. The fraction of sp³-hybridized carbons (Fsp3) is 0.333. The van der Waals surface area contributed by atoms with Gasteiger partial charge in [0.25, 0.3) is 0 Å². The maximum absolute atomic E-state index is 9.34. The summed E-state index contributed by atoms with van der Waals surface area (Å²) in [4.78, 5) is 4.42. The minimum absolute atomic E-state index is 0.678. The summed E-state index contributed by atoms with van der Waals surface area (Å²) < 4.78 is 3.92. The van der Waals surface area contributed by atoms with Crippen LogP contribution in [0.2, 0.25) is 0 Å². The number of imidazole rings is 1. The van der Waals surface area contributed by atoms with E-state index < -0.39 is 0 Å². The molecule has 0 amide bonds. The molecule has 0 N–H and O–H groups in total. The van der Waals surface area contributed by atoms with E-state index in [0.29, 0.717) is 5.56 Å². The maximum Gasteiger partial charge on any atom is 0.121 e. The van der Waals surface area contributed by atoms with Crippen LogP contribution in [0.5, 0.6) is 0 Å². The van der Waals surface area contributed by atoms with Crippen molar-refractivity contribution in [1.29, 1.82) is 5.26 Å². The van der Waals surface area contributed by atoms with E-state index in [-0.39, 0.29) is 0 Å². The zero-order valence-corrected chi connectivity index (χ0v) is 14.3. The first-order valence-electron chi connectivity index (χ1n) is 6.35. The van der Waals surface area contributed by atoms with Crippen molar-refractivity contribution in [3.8, 4) is 11.8 Å². The zero-order chi connectivity index (χ0) is 14.9. The molecule has 0 aliphatic rings. The number of benzene rings is 1. The lowest BCUT2D eigenvalue weighted by Crippen LogP contribution is -2.34. The topological polar surface area (TPSA) is 41.6 Å². The number of quaternary nitrogens is 1. The van der Waals surface area contributed by atoms with Gasteiger partial charge < -0.3 is 4.48 Å². The number of nitrogens with zero attached hydrogens (tertiary/aromatic N) is 4. The van der Waals surface area contributed by atoms with Gasteiger partial charge in [0.2, 0.25) is 0 Å². The van der Waals surface area contributed by atoms with Gasteiger partial charge >= 0.3 is 0 Å². The van der Waals surface area contributed by atoms with Gasteiger partial charge in [-0.2, -0.15) is 5.26 Å². The molecule has 5 heteroatoms. The van der Waals surface area contributed by atoms with Crippen LogP contribution in [0.1, 0.15) is 17.0 Å². The van der Waals surface area contributed by atoms with Crippen molar-refractivity contribution >= 4 is 22.6 Å². The zero-order valence-electron chi connectivity index (χ0n) is 12.2. The van der Waals surface area contributed by atoms with E-state index in [1.54, 1.807) is 0 Å². The quantitative estimate of drug-likeness (QED) is 0.606. The molecule has 1 aromatic heterocycles. The lowest BCUT2D eigenvalue weighted by molar-refractivity contribution is -0.884. The largest absolute Gasteiger partial charge is 0.326 e. The molecule has 2 rings (SSSR count). The highest BCUT2D eigenvalue weighted by molar-refractivity contribution is 14.1. The van der Waals surface area contributed by atoms with Crippen LogP contribution in [-0.2, 0) is 6.54 Å². The maximum atomic E-state index is 9.34. The first-order chi connectivity index (χ1) is 9.31. The monoisotopic (exact) mass is 381 g/mol. The lowest BCUT2D eigenvalue weighted by atomic mass is 10.2. The molecule has 20 heavy (non-hydrogen) atoms. The Hall–Kier alpha value is -1.39. The van der Waals surface area contributed by atoms with Gasteiger partial charge in [-0.15, -0.1) is 0 Å². The van der Waals surface area contributed by atoms with Crippen LogP contribution in [-0.4, -0.2) is 35.2 Å². The predicted octanol–water partition coefficient (Wildman–Crippen LogP) is 2.86. The standard InChI is InChI=1S/C15H18IN4/c1-11-15(9-20(2,3)4)19(10-18-11)14-6-5-13(16)7-12(14)8-17/h5-7,10H,9H2,1-4H3/q+1. The molecule has 1 heterocycles. The summed E-state index contributed by atoms with van der Waals surface area (Å²) in [6, 6.07) is 8.18. The number of hydrogen-bond donors (Lipinski definition) is 0. The molecule has 1 aromatic carbocycles. The molecule has 0 atom stereocenters. The minimum Gasteiger partial charge on any atom is -0.326 e. The van der Waals surface area contributed by atoms with Crippen LogP contribution >= 0.6 is 22.6 Å². The normalized spacial score (nSPS) is 11.4. The molecule has 2 aromatic rings. The summed E-state index contributed by atoms with van der Waals surface area (Å²) >= 11 is 2.22. The van der Waals surface area contributed by atoms with Gasteiger partial charge in [-0.1, -0.05) is 0 Å². The van der Waals surface area contributed by atoms with Crippen molar-refractivity contribution in [2.45, 2.75) is 13.5 Å². The molecule has 104 valence electrons. The molecule has 0 spiro atoms. The van der Waals surface area contributed by atoms with E-state index in [4.69, 9.17) is 0 Å². The van der Waals surface area contributed by atoms with Crippen molar-refractivity contribution in [2.24, 2.45) is 0 Å². The molecule has 0 radical (unpaired) electrons. The Morgan fingerprint density at radius 2 is 2.05 bits per heavy atom. The van der Waals surface area contributed by atoms with Crippen molar-refractivity contribution in [3.05, 3.63) is 45.0 Å². The molecule has 0 saturated carbocycles. The van der Waals surface area contributed by atoms with Gasteiger partial charge in [-0.25, -0.2) is 4.98 Å². The van der Waals surface area contributed by atoms with Crippen LogP contribution in [0, 0.1) is 21.8 Å². The van der Waals surface area contributed by atoms with Crippen LogP contribution in [0.4, 0.5) is 0 Å². The number of hydrogen-bond acceptors (Lipinski definition) is 2. The van der Waals surface area contributed by atoms with E-state index in [2.05, 4.69) is 54.8 Å². The number of halogens is 1. The molecule has 4 nitrogen and oxygen atoms in total. The Bertz CT molecular complexity index is 674. The first-order valence-corrected chi connectivity index (χ1v) is 7.43. The van der Waals surface area contributed by atoms with E-state index in [1.165, 1.54) is 0 Å². The second kappa shape index (κ2) is 5.54. The summed E-state index contributed by atoms with van der Waals surface area (Å²) in [7, 11) is 6.45. The third-order valence-corrected chi connectivity index (χ3v) is 3.71. The Morgan fingerprint density at radius 1 is 1.35 bits per heavy atom. The summed E-state index contributed by atoms with van der Waals surface area (Å²) in [5.74, 6) is 0. The van der Waals surface area contributed by atoms with Crippen LogP contribution < -0.4 is 0 Å². The third kappa shape index (κ3) is 3.19. The summed E-state index contributed by atoms with van der Waals surface area (Å²) in [6.45, 7) is 2.88. The van der Waals surface area contributed by atoms with Crippen LogP contribution in [0.25, 0.3) is 5.69 Å². The fourth-order valence-corrected chi connectivity index (χ4v) is 2.61. The van der Waals surface area contributed by atoms with Gasteiger partial charge in [0.15, 0.2) is 0 Å². The highest BCUT2D eigenvalue weighted by Gasteiger charge is 2.18. The molecule has 0 aliphatic heterocycles. The second-order valence-electron chi connectivity index (χ2n) is 5.87. The molecule has 0 fully saturated rings. The van der Waals surface area contributed by atoms with Crippen molar-refractivity contribution in [1.82, 2.24) is 9.55 Å². The van der Waals surface area contributed by atoms with Gasteiger partial charge in [0.05, 0.1) is 44.4 Å².